The van der Waals surface area contributed by atoms with Gasteiger partial charge >= 0.3 is 0 Å². The highest BCUT2D eigenvalue weighted by Crippen LogP contribution is 2.37. The molecule has 1 aromatic carbocycles. The van der Waals surface area contributed by atoms with Crippen molar-refractivity contribution in [2.24, 2.45) is 0 Å². The molecule has 1 aromatic rings. The summed E-state index contributed by atoms with van der Waals surface area (Å²) in [6.45, 7) is 5.73. The number of ether oxygens (including phenoxy) is 3. The first kappa shape index (κ1) is 11.8. The molecule has 3 nitrogen and oxygen atoms in total. The predicted molar refractivity (Wildman–Crippen MR) is 69.4 cm³/mol. The van der Waals surface area contributed by atoms with Gasteiger partial charge in [0.2, 0.25) is 0 Å². The van der Waals surface area contributed by atoms with Gasteiger partial charge in [0.25, 0.3) is 0 Å². The lowest BCUT2D eigenvalue weighted by Gasteiger charge is -2.20. The van der Waals surface area contributed by atoms with Crippen LogP contribution in [0.3, 0.4) is 0 Å². The van der Waals surface area contributed by atoms with Gasteiger partial charge in [0.05, 0.1) is 12.2 Å². The third kappa shape index (κ3) is 2.32. The van der Waals surface area contributed by atoms with Gasteiger partial charge in [0, 0.05) is 0 Å². The molecule has 98 valence electrons. The van der Waals surface area contributed by atoms with Gasteiger partial charge in [-0.2, -0.15) is 0 Å². The van der Waals surface area contributed by atoms with Crippen molar-refractivity contribution in [2.75, 3.05) is 13.2 Å². The van der Waals surface area contributed by atoms with Gasteiger partial charge in [0.15, 0.2) is 11.5 Å². The van der Waals surface area contributed by atoms with E-state index in [0.29, 0.717) is 31.3 Å². The van der Waals surface area contributed by atoms with Crippen LogP contribution in [0.15, 0.2) is 18.2 Å². The molecular weight excluding hydrogens is 228 g/mol. The number of epoxide rings is 1. The highest BCUT2D eigenvalue weighted by Gasteiger charge is 2.37. The summed E-state index contributed by atoms with van der Waals surface area (Å²) >= 11 is 0. The minimum Gasteiger partial charge on any atom is -0.486 e. The van der Waals surface area contributed by atoms with Gasteiger partial charge < -0.3 is 14.2 Å². The molecule has 0 saturated carbocycles. The zero-order valence-electron chi connectivity index (χ0n) is 11.0. The van der Waals surface area contributed by atoms with E-state index >= 15 is 0 Å². The van der Waals surface area contributed by atoms with Crippen LogP contribution in [0, 0.1) is 0 Å². The number of fused-ring (bicyclic) bond motifs is 1. The molecule has 3 atom stereocenters. The summed E-state index contributed by atoms with van der Waals surface area (Å²) < 4.78 is 16.8. The third-order valence-corrected chi connectivity index (χ3v) is 3.81. The maximum absolute atomic E-state index is 5.62. The lowest BCUT2D eigenvalue weighted by Crippen LogP contribution is -2.15. The molecular formula is C15H20O3. The monoisotopic (exact) mass is 248 g/mol. The summed E-state index contributed by atoms with van der Waals surface area (Å²) in [5, 5.41) is 0. The molecule has 1 saturated heterocycles. The van der Waals surface area contributed by atoms with Crippen LogP contribution in [0.1, 0.15) is 38.2 Å². The Morgan fingerprint density at radius 3 is 2.67 bits per heavy atom. The highest BCUT2D eigenvalue weighted by atomic mass is 16.6. The zero-order valence-corrected chi connectivity index (χ0v) is 11.0. The molecule has 0 spiro atoms. The Hall–Kier alpha value is -1.22. The number of benzene rings is 1. The summed E-state index contributed by atoms with van der Waals surface area (Å²) in [5.41, 5.74) is 1.31. The van der Waals surface area contributed by atoms with E-state index in [4.69, 9.17) is 14.2 Å². The van der Waals surface area contributed by atoms with Crippen LogP contribution in [0.2, 0.25) is 0 Å². The van der Waals surface area contributed by atoms with Crippen molar-refractivity contribution in [1.82, 2.24) is 0 Å². The van der Waals surface area contributed by atoms with Crippen molar-refractivity contribution in [3.8, 4) is 11.5 Å². The fraction of sp³-hybridized carbons (Fsp3) is 0.600. The summed E-state index contributed by atoms with van der Waals surface area (Å²) in [6, 6.07) is 6.27. The van der Waals surface area contributed by atoms with Gasteiger partial charge in [0.1, 0.15) is 13.2 Å². The van der Waals surface area contributed by atoms with Gasteiger partial charge in [-0.25, -0.2) is 0 Å². The average molecular weight is 248 g/mol. The van der Waals surface area contributed by atoms with Crippen molar-refractivity contribution in [3.63, 3.8) is 0 Å². The molecule has 3 rings (SSSR count). The second-order valence-corrected chi connectivity index (χ2v) is 5.16. The summed E-state index contributed by atoms with van der Waals surface area (Å²) in [7, 11) is 0. The van der Waals surface area contributed by atoms with Crippen LogP contribution in [0.4, 0.5) is 0 Å². The Morgan fingerprint density at radius 2 is 1.94 bits per heavy atom. The normalized spacial score (nSPS) is 26.8. The maximum atomic E-state index is 5.62. The number of hydrogen-bond donors (Lipinski definition) is 0. The molecule has 3 heteroatoms. The lowest BCUT2D eigenvalue weighted by molar-refractivity contribution is 0.171. The summed E-state index contributed by atoms with van der Waals surface area (Å²) in [6.07, 6.45) is 3.17. The maximum Gasteiger partial charge on any atom is 0.161 e. The largest absolute Gasteiger partial charge is 0.486 e. The minimum atomic E-state index is 0.457. The van der Waals surface area contributed by atoms with Crippen molar-refractivity contribution in [1.29, 1.82) is 0 Å². The van der Waals surface area contributed by atoms with E-state index in [1.165, 1.54) is 5.56 Å². The second kappa shape index (κ2) is 4.81. The second-order valence-electron chi connectivity index (χ2n) is 5.16. The minimum absolute atomic E-state index is 0.457. The third-order valence-electron chi connectivity index (χ3n) is 3.81. The lowest BCUT2D eigenvalue weighted by atomic mass is 9.94. The molecule has 0 aliphatic carbocycles. The van der Waals surface area contributed by atoms with Gasteiger partial charge in [-0.05, 0) is 36.5 Å². The molecule has 18 heavy (non-hydrogen) atoms. The molecule has 3 unspecified atom stereocenters. The summed E-state index contributed by atoms with van der Waals surface area (Å²) in [5.74, 6) is 2.25. The highest BCUT2D eigenvalue weighted by molar-refractivity contribution is 5.44. The molecule has 2 aliphatic heterocycles. The van der Waals surface area contributed by atoms with Crippen molar-refractivity contribution < 1.29 is 14.2 Å². The van der Waals surface area contributed by atoms with Gasteiger partial charge in [-0.1, -0.05) is 19.9 Å². The Labute approximate surface area is 108 Å². The molecule has 0 N–H and O–H groups in total. The molecule has 2 aliphatic rings. The quantitative estimate of drug-likeness (QED) is 0.767. The molecule has 0 amide bonds. The van der Waals surface area contributed by atoms with E-state index in [-0.39, 0.29) is 0 Å². The summed E-state index contributed by atoms with van der Waals surface area (Å²) in [4.78, 5) is 0. The van der Waals surface area contributed by atoms with Crippen molar-refractivity contribution in [3.05, 3.63) is 23.8 Å². The Bertz CT molecular complexity index is 430. The van der Waals surface area contributed by atoms with Crippen LogP contribution < -0.4 is 9.47 Å². The van der Waals surface area contributed by atoms with Crippen LogP contribution >= 0.6 is 0 Å². The molecule has 1 fully saturated rings. The molecule has 0 bridgehead atoms. The van der Waals surface area contributed by atoms with Gasteiger partial charge in [-0.3, -0.25) is 0 Å². The molecule has 0 aromatic heterocycles. The Kier molecular flexibility index (Phi) is 3.16. The SMILES string of the molecule is CCC1OC1CC(C)c1ccc2c(c1)OCCO2. The first-order chi connectivity index (χ1) is 8.78. The molecule has 2 heterocycles. The van der Waals surface area contributed by atoms with E-state index in [9.17, 15) is 0 Å². The van der Waals surface area contributed by atoms with E-state index in [0.717, 1.165) is 24.3 Å². The van der Waals surface area contributed by atoms with Crippen molar-refractivity contribution >= 4 is 0 Å². The molecule has 0 radical (unpaired) electrons. The Morgan fingerprint density at radius 1 is 1.17 bits per heavy atom. The predicted octanol–water partition coefficient (Wildman–Crippen LogP) is 3.13. The fourth-order valence-corrected chi connectivity index (χ4v) is 2.60. The van der Waals surface area contributed by atoms with Crippen LogP contribution in [-0.2, 0) is 4.74 Å². The van der Waals surface area contributed by atoms with E-state index in [2.05, 4.69) is 26.0 Å². The smallest absolute Gasteiger partial charge is 0.161 e. The van der Waals surface area contributed by atoms with Crippen LogP contribution in [0.25, 0.3) is 0 Å². The van der Waals surface area contributed by atoms with Crippen molar-refractivity contribution in [2.45, 2.75) is 44.8 Å². The van der Waals surface area contributed by atoms with Gasteiger partial charge in [-0.15, -0.1) is 0 Å². The van der Waals surface area contributed by atoms with Crippen LogP contribution in [0.5, 0.6) is 11.5 Å². The van der Waals surface area contributed by atoms with Crippen LogP contribution in [-0.4, -0.2) is 25.4 Å². The zero-order chi connectivity index (χ0) is 12.5. The fourth-order valence-electron chi connectivity index (χ4n) is 2.60. The number of hydrogen-bond acceptors (Lipinski definition) is 3. The first-order valence-corrected chi connectivity index (χ1v) is 6.83. The first-order valence-electron chi connectivity index (χ1n) is 6.83. The van der Waals surface area contributed by atoms with E-state index in [1.807, 2.05) is 6.07 Å². The number of rotatable bonds is 4. The Balaban J connectivity index is 1.68. The van der Waals surface area contributed by atoms with E-state index in [1.54, 1.807) is 0 Å². The topological polar surface area (TPSA) is 31.0 Å². The standard InChI is InChI=1S/C15H20O3/c1-3-12-15(18-12)8-10(2)11-4-5-13-14(9-11)17-7-6-16-13/h4-5,9-10,12,15H,3,6-8H2,1-2H3. The average Bonchev–Trinajstić information content (AvgIpc) is 3.16. The van der Waals surface area contributed by atoms with E-state index < -0.39 is 0 Å².